The number of nitrogens with zero attached hydrogens (tertiary/aromatic N) is 3. The summed E-state index contributed by atoms with van der Waals surface area (Å²) in [6.07, 6.45) is 1.13. The minimum absolute atomic E-state index is 0.223. The van der Waals surface area contributed by atoms with Gasteiger partial charge in [0.05, 0.1) is 17.3 Å². The van der Waals surface area contributed by atoms with E-state index in [0.29, 0.717) is 5.69 Å². The van der Waals surface area contributed by atoms with Crippen LogP contribution in [0.3, 0.4) is 0 Å². The Morgan fingerprint density at radius 1 is 1.50 bits per heavy atom. The molecule has 0 fully saturated rings. The van der Waals surface area contributed by atoms with Crippen molar-refractivity contribution in [3.8, 4) is 0 Å². The lowest BCUT2D eigenvalue weighted by molar-refractivity contribution is 0.106. The molecule has 86 valence electrons. The normalized spacial score (nSPS) is 13.1. The number of rotatable bonds is 4. The van der Waals surface area contributed by atoms with Crippen molar-refractivity contribution in [3.05, 3.63) is 18.2 Å². The third-order valence-electron chi connectivity index (χ3n) is 2.73. The van der Waals surface area contributed by atoms with E-state index in [4.69, 9.17) is 10.5 Å². The molecule has 0 bridgehead atoms. The van der Waals surface area contributed by atoms with Crippen LogP contribution in [0.5, 0.6) is 0 Å². The molecule has 16 heavy (non-hydrogen) atoms. The number of anilines is 1. The lowest BCUT2D eigenvalue weighted by atomic mass is 10.2. The molecule has 0 saturated carbocycles. The highest BCUT2D eigenvalue weighted by Crippen LogP contribution is 2.17. The van der Waals surface area contributed by atoms with E-state index < -0.39 is 0 Å². The van der Waals surface area contributed by atoms with Crippen LogP contribution in [0, 0.1) is 0 Å². The third-order valence-corrected chi connectivity index (χ3v) is 2.73. The van der Waals surface area contributed by atoms with E-state index in [9.17, 15) is 0 Å². The van der Waals surface area contributed by atoms with Gasteiger partial charge in [-0.25, -0.2) is 4.68 Å². The van der Waals surface area contributed by atoms with Crippen molar-refractivity contribution in [2.45, 2.75) is 26.0 Å². The SMILES string of the molecule is COC(C)CCn1nnc2c(N)cccc21. The molecule has 1 unspecified atom stereocenters. The first kappa shape index (κ1) is 10.9. The molecule has 5 heteroatoms. The number of hydrogen-bond donors (Lipinski definition) is 1. The average Bonchev–Trinajstić information content (AvgIpc) is 2.70. The molecule has 0 saturated heterocycles. The maximum atomic E-state index is 5.81. The van der Waals surface area contributed by atoms with Crippen molar-refractivity contribution >= 4 is 16.7 Å². The number of hydrogen-bond acceptors (Lipinski definition) is 4. The Morgan fingerprint density at radius 3 is 3.06 bits per heavy atom. The molecule has 2 N–H and O–H groups in total. The fraction of sp³-hybridized carbons (Fsp3) is 0.455. The summed E-state index contributed by atoms with van der Waals surface area (Å²) in [6, 6.07) is 5.72. The smallest absolute Gasteiger partial charge is 0.136 e. The molecular weight excluding hydrogens is 204 g/mol. The van der Waals surface area contributed by atoms with Crippen molar-refractivity contribution in [1.82, 2.24) is 15.0 Å². The van der Waals surface area contributed by atoms with Gasteiger partial charge in [0.1, 0.15) is 5.52 Å². The molecule has 1 atom stereocenters. The second-order valence-electron chi connectivity index (χ2n) is 3.86. The van der Waals surface area contributed by atoms with Crippen LogP contribution in [0.4, 0.5) is 5.69 Å². The number of fused-ring (bicyclic) bond motifs is 1. The second-order valence-corrected chi connectivity index (χ2v) is 3.86. The van der Waals surface area contributed by atoms with Crippen molar-refractivity contribution in [3.63, 3.8) is 0 Å². The average molecular weight is 220 g/mol. The van der Waals surface area contributed by atoms with Crippen LogP contribution in [0.15, 0.2) is 18.2 Å². The highest BCUT2D eigenvalue weighted by molar-refractivity contribution is 5.86. The second kappa shape index (κ2) is 4.49. The Kier molecular flexibility index (Phi) is 3.05. The van der Waals surface area contributed by atoms with Gasteiger partial charge in [-0.15, -0.1) is 5.10 Å². The number of benzene rings is 1. The van der Waals surface area contributed by atoms with Gasteiger partial charge >= 0.3 is 0 Å². The van der Waals surface area contributed by atoms with E-state index in [1.807, 2.05) is 29.8 Å². The van der Waals surface area contributed by atoms with E-state index in [-0.39, 0.29) is 6.10 Å². The largest absolute Gasteiger partial charge is 0.397 e. The highest BCUT2D eigenvalue weighted by atomic mass is 16.5. The van der Waals surface area contributed by atoms with Crippen molar-refractivity contribution in [2.24, 2.45) is 0 Å². The van der Waals surface area contributed by atoms with Crippen molar-refractivity contribution < 1.29 is 4.74 Å². The summed E-state index contributed by atoms with van der Waals surface area (Å²) in [5, 5.41) is 8.16. The number of aryl methyl sites for hydroxylation is 1. The summed E-state index contributed by atoms with van der Waals surface area (Å²) in [7, 11) is 1.71. The summed E-state index contributed by atoms with van der Waals surface area (Å²) in [5.41, 5.74) is 8.23. The Morgan fingerprint density at radius 2 is 2.31 bits per heavy atom. The summed E-state index contributed by atoms with van der Waals surface area (Å²) in [6.45, 7) is 2.82. The topological polar surface area (TPSA) is 66.0 Å². The van der Waals surface area contributed by atoms with Crippen molar-refractivity contribution in [1.29, 1.82) is 0 Å². The van der Waals surface area contributed by atoms with Crippen LogP contribution in [0.25, 0.3) is 11.0 Å². The van der Waals surface area contributed by atoms with Gasteiger partial charge < -0.3 is 10.5 Å². The van der Waals surface area contributed by atoms with Crippen LogP contribution in [0.2, 0.25) is 0 Å². The Labute approximate surface area is 94.2 Å². The quantitative estimate of drug-likeness (QED) is 0.792. The Hall–Kier alpha value is -1.62. The van der Waals surface area contributed by atoms with E-state index in [1.165, 1.54) is 0 Å². The summed E-state index contributed by atoms with van der Waals surface area (Å²) < 4.78 is 7.06. The zero-order chi connectivity index (χ0) is 11.5. The first-order valence-electron chi connectivity index (χ1n) is 5.33. The van der Waals surface area contributed by atoms with Gasteiger partial charge in [-0.1, -0.05) is 11.3 Å². The molecule has 5 nitrogen and oxygen atoms in total. The summed E-state index contributed by atoms with van der Waals surface area (Å²) >= 11 is 0. The number of nitrogens with two attached hydrogens (primary N) is 1. The van der Waals surface area contributed by atoms with E-state index >= 15 is 0 Å². The van der Waals surface area contributed by atoms with Gasteiger partial charge in [0.2, 0.25) is 0 Å². The van der Waals surface area contributed by atoms with Gasteiger partial charge in [-0.05, 0) is 25.5 Å². The molecule has 2 rings (SSSR count). The Bertz CT molecular complexity index is 480. The monoisotopic (exact) mass is 220 g/mol. The molecule has 0 spiro atoms. The van der Waals surface area contributed by atoms with Gasteiger partial charge in [0, 0.05) is 13.7 Å². The highest BCUT2D eigenvalue weighted by Gasteiger charge is 2.07. The minimum Gasteiger partial charge on any atom is -0.397 e. The maximum Gasteiger partial charge on any atom is 0.136 e. The summed E-state index contributed by atoms with van der Waals surface area (Å²) in [4.78, 5) is 0. The van der Waals surface area contributed by atoms with Gasteiger partial charge in [0.15, 0.2) is 0 Å². The van der Waals surface area contributed by atoms with Crippen LogP contribution < -0.4 is 5.73 Å². The molecule has 0 radical (unpaired) electrons. The zero-order valence-electron chi connectivity index (χ0n) is 9.55. The van der Waals surface area contributed by atoms with Gasteiger partial charge in [0.25, 0.3) is 0 Å². The first-order valence-corrected chi connectivity index (χ1v) is 5.33. The summed E-state index contributed by atoms with van der Waals surface area (Å²) in [5.74, 6) is 0. The van der Waals surface area contributed by atoms with Crippen LogP contribution in [-0.2, 0) is 11.3 Å². The first-order chi connectivity index (χ1) is 7.72. The molecule has 0 amide bonds. The number of aromatic nitrogens is 3. The van der Waals surface area contributed by atoms with Crippen molar-refractivity contribution in [2.75, 3.05) is 12.8 Å². The standard InChI is InChI=1S/C11H16N4O/c1-8(16-2)6-7-15-10-5-3-4-9(12)11(10)13-14-15/h3-5,8H,6-7,12H2,1-2H3. The predicted molar refractivity (Wildman–Crippen MR) is 63.0 cm³/mol. The van der Waals surface area contributed by atoms with Crippen LogP contribution in [0.1, 0.15) is 13.3 Å². The van der Waals surface area contributed by atoms with Crippen LogP contribution >= 0.6 is 0 Å². The fourth-order valence-corrected chi connectivity index (χ4v) is 1.60. The molecule has 1 heterocycles. The number of ether oxygens (including phenoxy) is 1. The molecule has 1 aromatic heterocycles. The minimum atomic E-state index is 0.223. The lowest BCUT2D eigenvalue weighted by Gasteiger charge is -2.08. The predicted octanol–water partition coefficient (Wildman–Crippen LogP) is 1.44. The zero-order valence-corrected chi connectivity index (χ0v) is 9.55. The van der Waals surface area contributed by atoms with Crippen LogP contribution in [-0.4, -0.2) is 28.2 Å². The molecular formula is C11H16N4O. The van der Waals surface area contributed by atoms with Gasteiger partial charge in [-0.2, -0.15) is 0 Å². The fourth-order valence-electron chi connectivity index (χ4n) is 1.60. The maximum absolute atomic E-state index is 5.81. The molecule has 0 aliphatic rings. The molecule has 0 aliphatic heterocycles. The molecule has 0 aliphatic carbocycles. The number of nitrogen functional groups attached to an aromatic ring is 1. The van der Waals surface area contributed by atoms with E-state index in [0.717, 1.165) is 24.0 Å². The Balaban J connectivity index is 2.22. The molecule has 1 aromatic carbocycles. The third kappa shape index (κ3) is 1.99. The van der Waals surface area contributed by atoms with E-state index in [2.05, 4.69) is 10.3 Å². The van der Waals surface area contributed by atoms with Gasteiger partial charge in [-0.3, -0.25) is 0 Å². The van der Waals surface area contributed by atoms with E-state index in [1.54, 1.807) is 7.11 Å². The molecule has 2 aromatic rings. The lowest BCUT2D eigenvalue weighted by Crippen LogP contribution is -2.10. The number of methoxy groups -OCH3 is 1.